The van der Waals surface area contributed by atoms with Crippen LogP contribution in [-0.4, -0.2) is 81.8 Å². The molecule has 32 heavy (non-hydrogen) atoms. The lowest BCUT2D eigenvalue weighted by atomic mass is 9.90. The van der Waals surface area contributed by atoms with Gasteiger partial charge < -0.3 is 19.7 Å². The Morgan fingerprint density at radius 3 is 2.47 bits per heavy atom. The van der Waals surface area contributed by atoms with Crippen LogP contribution in [0, 0.1) is 0 Å². The Balaban J connectivity index is 1.38. The van der Waals surface area contributed by atoms with Crippen molar-refractivity contribution in [3.63, 3.8) is 0 Å². The zero-order valence-corrected chi connectivity index (χ0v) is 19.2. The van der Waals surface area contributed by atoms with Gasteiger partial charge in [-0.25, -0.2) is 27.3 Å². The molecule has 0 aliphatic carbocycles. The number of nitrogens with zero attached hydrogens (tertiary/aromatic N) is 3. The van der Waals surface area contributed by atoms with Crippen molar-refractivity contribution < 1.29 is 27.9 Å². The van der Waals surface area contributed by atoms with Crippen molar-refractivity contribution in [2.24, 2.45) is 0 Å². The monoisotopic (exact) mass is 464 g/mol. The number of carbonyl (C=O) groups excluding carboxylic acids is 1. The summed E-state index contributed by atoms with van der Waals surface area (Å²) in [5, 5.41) is 9.39. The van der Waals surface area contributed by atoms with E-state index < -0.39 is 32.9 Å². The zero-order chi connectivity index (χ0) is 23.3. The topological polar surface area (TPSA) is 133 Å². The van der Waals surface area contributed by atoms with Crippen LogP contribution >= 0.6 is 0 Å². The molecule has 0 atom stereocenters. The normalized spacial score (nSPS) is 19.2. The zero-order valence-electron chi connectivity index (χ0n) is 18.4. The second-order valence-corrected chi connectivity index (χ2v) is 11.6. The Bertz CT molecular complexity index is 1140. The number of hydrogen-bond donors (Lipinski definition) is 2. The van der Waals surface area contributed by atoms with E-state index in [4.69, 9.17) is 4.74 Å². The number of aromatic carboxylic acids is 1. The van der Waals surface area contributed by atoms with Crippen LogP contribution in [0.1, 0.15) is 55.5 Å². The second kappa shape index (κ2) is 8.04. The van der Waals surface area contributed by atoms with Crippen molar-refractivity contribution in [1.82, 2.24) is 19.2 Å². The number of carboxylic acids is 1. The van der Waals surface area contributed by atoms with E-state index in [0.717, 1.165) is 10.9 Å². The number of H-pyrrole nitrogens is 1. The number of carbonyl (C=O) groups is 2. The van der Waals surface area contributed by atoms with Crippen molar-refractivity contribution >= 4 is 33.1 Å². The first-order valence-corrected chi connectivity index (χ1v) is 12.1. The molecule has 2 aliphatic heterocycles. The molecular formula is C21H28N4O6S. The fourth-order valence-electron chi connectivity index (χ4n) is 4.21. The van der Waals surface area contributed by atoms with Gasteiger partial charge in [-0.1, -0.05) is 0 Å². The first-order valence-electron chi connectivity index (χ1n) is 10.6. The maximum Gasteiger partial charge on any atom is 0.410 e. The number of nitrogens with one attached hydrogen (secondary N) is 1. The Hall–Kier alpha value is -2.66. The molecule has 0 radical (unpaired) electrons. The van der Waals surface area contributed by atoms with Crippen LogP contribution in [0.25, 0.3) is 11.0 Å². The highest BCUT2D eigenvalue weighted by molar-refractivity contribution is 7.89. The first kappa shape index (κ1) is 22.5. The van der Waals surface area contributed by atoms with Gasteiger partial charge in [0.25, 0.3) is 0 Å². The summed E-state index contributed by atoms with van der Waals surface area (Å²) < 4.78 is 32.8. The molecular weight excluding hydrogens is 436 g/mol. The maximum absolute atomic E-state index is 13.0. The van der Waals surface area contributed by atoms with E-state index in [0.29, 0.717) is 31.6 Å². The number of aromatic nitrogens is 2. The molecule has 0 aromatic carbocycles. The van der Waals surface area contributed by atoms with E-state index in [1.54, 1.807) is 26.8 Å². The van der Waals surface area contributed by atoms with Crippen LogP contribution in [0.2, 0.25) is 0 Å². The number of likely N-dealkylation sites (tertiary alicyclic amines) is 1. The summed E-state index contributed by atoms with van der Waals surface area (Å²) in [5.74, 6) is -0.922. The largest absolute Gasteiger partial charge is 0.478 e. The molecule has 2 fully saturated rings. The number of sulfonamides is 1. The van der Waals surface area contributed by atoms with Gasteiger partial charge in [0.1, 0.15) is 16.5 Å². The highest BCUT2D eigenvalue weighted by atomic mass is 32.2. The summed E-state index contributed by atoms with van der Waals surface area (Å²) in [7, 11) is -3.50. The van der Waals surface area contributed by atoms with Gasteiger partial charge in [0.2, 0.25) is 10.0 Å². The number of amides is 1. The predicted molar refractivity (Wildman–Crippen MR) is 117 cm³/mol. The third kappa shape index (κ3) is 4.31. The molecule has 2 aromatic rings. The molecule has 0 unspecified atom stereocenters. The van der Waals surface area contributed by atoms with E-state index >= 15 is 0 Å². The van der Waals surface area contributed by atoms with Gasteiger partial charge >= 0.3 is 12.1 Å². The molecule has 4 rings (SSSR count). The minimum absolute atomic E-state index is 0.112. The molecule has 2 aliphatic rings. The molecule has 174 valence electrons. The fourth-order valence-corrected chi connectivity index (χ4v) is 6.09. The summed E-state index contributed by atoms with van der Waals surface area (Å²) >= 11 is 0. The van der Waals surface area contributed by atoms with E-state index in [1.165, 1.54) is 15.4 Å². The average Bonchev–Trinajstić information content (AvgIpc) is 3.08. The molecule has 11 heteroatoms. The van der Waals surface area contributed by atoms with Crippen molar-refractivity contribution in [2.75, 3.05) is 26.2 Å². The molecule has 0 bridgehead atoms. The second-order valence-electron chi connectivity index (χ2n) is 9.39. The fraction of sp³-hybridized carbons (Fsp3) is 0.571. The van der Waals surface area contributed by atoms with Crippen molar-refractivity contribution in [3.8, 4) is 0 Å². The lowest BCUT2D eigenvalue weighted by Crippen LogP contribution is -2.61. The molecule has 2 saturated heterocycles. The van der Waals surface area contributed by atoms with Crippen LogP contribution in [0.4, 0.5) is 4.79 Å². The number of aromatic amines is 1. The molecule has 10 nitrogen and oxygen atoms in total. The molecule has 1 amide bonds. The lowest BCUT2D eigenvalue weighted by molar-refractivity contribution is 0.0135. The van der Waals surface area contributed by atoms with Crippen molar-refractivity contribution in [3.05, 3.63) is 29.6 Å². The Labute approximate surface area is 186 Å². The van der Waals surface area contributed by atoms with Gasteiger partial charge in [-0.15, -0.1) is 0 Å². The number of fused-ring (bicyclic) bond motifs is 1. The highest BCUT2D eigenvalue weighted by Crippen LogP contribution is 2.35. The Morgan fingerprint density at radius 2 is 1.88 bits per heavy atom. The third-order valence-corrected chi connectivity index (χ3v) is 8.21. The highest BCUT2D eigenvalue weighted by Gasteiger charge is 2.44. The van der Waals surface area contributed by atoms with Crippen LogP contribution in [0.15, 0.2) is 18.5 Å². The van der Waals surface area contributed by atoms with E-state index in [2.05, 4.69) is 9.97 Å². The number of ether oxygens (including phenoxy) is 1. The number of hydrogen-bond acceptors (Lipinski definition) is 6. The summed E-state index contributed by atoms with van der Waals surface area (Å²) in [4.78, 5) is 32.0. The SMILES string of the molecule is CC(C)(C)OC(=O)N1CC(S(=O)(=O)N2CCC(c3c[nH]c4ncc(C(=O)O)cc34)CC2)C1. The standard InChI is InChI=1S/C21H28N4O6S/c1-21(2,3)31-20(28)24-11-15(12-24)32(29,30)25-6-4-13(5-7-25)17-10-23-18-16(17)8-14(9-22-18)19(26)27/h8-10,13,15H,4-7,11-12H2,1-3H3,(H,22,23)(H,26,27). The molecule has 0 saturated carbocycles. The van der Waals surface area contributed by atoms with Gasteiger partial charge in [0.15, 0.2) is 0 Å². The van der Waals surface area contributed by atoms with Crippen LogP contribution in [0.5, 0.6) is 0 Å². The number of pyridine rings is 1. The molecule has 2 aromatic heterocycles. The van der Waals surface area contributed by atoms with Gasteiger partial charge in [0, 0.05) is 44.0 Å². The molecule has 2 N–H and O–H groups in total. The van der Waals surface area contributed by atoms with Crippen LogP contribution < -0.4 is 0 Å². The predicted octanol–water partition coefficient (Wildman–Crippen LogP) is 2.39. The van der Waals surface area contributed by atoms with E-state index in [-0.39, 0.29) is 24.6 Å². The lowest BCUT2D eigenvalue weighted by Gasteiger charge is -2.42. The first-order chi connectivity index (χ1) is 15.0. The van der Waals surface area contributed by atoms with E-state index in [1.807, 2.05) is 6.20 Å². The number of carboxylic acid groups (broad SMARTS) is 1. The van der Waals surface area contributed by atoms with Crippen molar-refractivity contribution in [1.29, 1.82) is 0 Å². The van der Waals surface area contributed by atoms with Gasteiger partial charge in [-0.05, 0) is 51.2 Å². The summed E-state index contributed by atoms with van der Waals surface area (Å²) in [6, 6.07) is 1.61. The van der Waals surface area contributed by atoms with Crippen molar-refractivity contribution in [2.45, 2.75) is 50.4 Å². The third-order valence-electron chi connectivity index (χ3n) is 5.98. The summed E-state index contributed by atoms with van der Waals surface area (Å²) in [6.07, 6.45) is 3.93. The van der Waals surface area contributed by atoms with Gasteiger partial charge in [-0.3, -0.25) is 0 Å². The number of rotatable bonds is 4. The smallest absolute Gasteiger partial charge is 0.410 e. The number of piperidine rings is 1. The van der Waals surface area contributed by atoms with Crippen LogP contribution in [-0.2, 0) is 14.8 Å². The van der Waals surface area contributed by atoms with Crippen LogP contribution in [0.3, 0.4) is 0 Å². The van der Waals surface area contributed by atoms with E-state index in [9.17, 15) is 23.1 Å². The minimum Gasteiger partial charge on any atom is -0.478 e. The van der Waals surface area contributed by atoms with Gasteiger partial charge in [-0.2, -0.15) is 0 Å². The quantitative estimate of drug-likeness (QED) is 0.710. The molecule has 0 spiro atoms. The maximum atomic E-state index is 13.0. The summed E-state index contributed by atoms with van der Waals surface area (Å²) in [6.45, 7) is 6.37. The Morgan fingerprint density at radius 1 is 1.22 bits per heavy atom. The minimum atomic E-state index is -3.50. The van der Waals surface area contributed by atoms with Gasteiger partial charge in [0.05, 0.1) is 5.56 Å². The summed E-state index contributed by atoms with van der Waals surface area (Å²) in [5.41, 5.74) is 1.09. The average molecular weight is 465 g/mol. The Kier molecular flexibility index (Phi) is 5.66. The molecule has 4 heterocycles.